The number of ether oxygens (including phenoxy) is 1. The first-order chi connectivity index (χ1) is 26.0. The quantitative estimate of drug-likeness (QED) is 0.0794. The largest absolute Gasteiger partial charge is 0.396 e. The molecular weight excluding hydrogens is 730 g/mol. The van der Waals surface area contributed by atoms with Crippen LogP contribution in [-0.4, -0.2) is 62.0 Å². The van der Waals surface area contributed by atoms with Crippen LogP contribution in [0, 0.1) is 11.7 Å². The second-order valence-electron chi connectivity index (χ2n) is 14.7. The van der Waals surface area contributed by atoms with Gasteiger partial charge in [0.2, 0.25) is 17.7 Å². The second-order valence-corrected chi connectivity index (χ2v) is 16.2. The lowest BCUT2D eigenvalue weighted by Gasteiger charge is -2.31. The van der Waals surface area contributed by atoms with Crippen molar-refractivity contribution in [3.63, 3.8) is 0 Å². The topological polar surface area (TPSA) is 209 Å². The van der Waals surface area contributed by atoms with E-state index in [1.165, 1.54) is 35.2 Å². The highest BCUT2D eigenvalue weighted by molar-refractivity contribution is 7.70. The zero-order valence-electron chi connectivity index (χ0n) is 30.7. The molecule has 0 saturated heterocycles. The van der Waals surface area contributed by atoms with Crippen molar-refractivity contribution >= 4 is 53.2 Å². The van der Waals surface area contributed by atoms with Gasteiger partial charge >= 0.3 is 7.60 Å². The Balaban J connectivity index is 1.19. The number of carbonyl (C=O) groups is 5. The molecule has 2 aliphatic rings. The zero-order valence-corrected chi connectivity index (χ0v) is 31.6. The first-order valence-electron chi connectivity index (χ1n) is 18.2. The van der Waals surface area contributed by atoms with Gasteiger partial charge in [-0.1, -0.05) is 44.2 Å². The van der Waals surface area contributed by atoms with Gasteiger partial charge in [0.25, 0.3) is 5.52 Å². The standard InChI is InChI=1S/C40H44FN4O9P/c1-21(2)29-11-7-23(15-30(29)41)20-54-22(3)31(13-14-36(42)47)44-38(48)34-18-25-6-4-5-24-8-9-26(39(49)45(34)37(24)25)19-35(46)33-17-28-16-27(10-12-32(28)43-33)40(50)55(51,52)53/h4-7,10-12,15-17,21-22,26,31,34,43H,8-9,13-14,18-20H2,1-3H3,(H2,42,47)(H,44,48)(H2,51,52,53)/t22-,26-,31+,34+/m1/s1. The second kappa shape index (κ2) is 16.0. The van der Waals surface area contributed by atoms with Gasteiger partial charge in [-0.2, -0.15) is 0 Å². The molecule has 0 radical (unpaired) electrons. The minimum absolute atomic E-state index is 0.0148. The van der Waals surface area contributed by atoms with Crippen LogP contribution < -0.4 is 16.0 Å². The number of rotatable bonds is 15. The van der Waals surface area contributed by atoms with E-state index in [1.807, 2.05) is 32.0 Å². The van der Waals surface area contributed by atoms with Crippen molar-refractivity contribution in [1.29, 1.82) is 0 Å². The summed E-state index contributed by atoms with van der Waals surface area (Å²) >= 11 is 0. The van der Waals surface area contributed by atoms with Crippen LogP contribution in [0.25, 0.3) is 10.9 Å². The molecule has 0 fully saturated rings. The van der Waals surface area contributed by atoms with Crippen molar-refractivity contribution in [3.8, 4) is 0 Å². The number of para-hydroxylation sites is 1. The molecule has 13 nitrogen and oxygen atoms in total. The molecular formula is C40H44FN4O9P. The molecule has 3 aromatic carbocycles. The maximum atomic E-state index is 14.7. The Morgan fingerprint density at radius 3 is 2.49 bits per heavy atom. The molecule has 1 aromatic heterocycles. The van der Waals surface area contributed by atoms with Gasteiger partial charge in [-0.25, -0.2) is 4.39 Å². The summed E-state index contributed by atoms with van der Waals surface area (Å²) in [7, 11) is -5.01. The van der Waals surface area contributed by atoms with Crippen LogP contribution in [0.1, 0.15) is 95.5 Å². The predicted octanol–water partition coefficient (Wildman–Crippen LogP) is 5.20. The van der Waals surface area contributed by atoms with Crippen LogP contribution >= 0.6 is 7.60 Å². The number of aryl methyl sites for hydroxylation is 1. The third kappa shape index (κ3) is 8.63. The number of hydrogen-bond acceptors (Lipinski definition) is 7. The number of nitrogens with zero attached hydrogens (tertiary/aromatic N) is 1. The maximum absolute atomic E-state index is 14.7. The zero-order chi connectivity index (χ0) is 39.8. The predicted molar refractivity (Wildman–Crippen MR) is 202 cm³/mol. The summed E-state index contributed by atoms with van der Waals surface area (Å²) in [4.78, 5) is 89.2. The number of ketones is 1. The van der Waals surface area contributed by atoms with Crippen LogP contribution in [0.4, 0.5) is 10.1 Å². The lowest BCUT2D eigenvalue weighted by atomic mass is 9.93. The molecule has 290 valence electrons. The lowest BCUT2D eigenvalue weighted by Crippen LogP contribution is -2.54. The highest BCUT2D eigenvalue weighted by Gasteiger charge is 2.44. The average molecular weight is 775 g/mol. The Bertz CT molecular complexity index is 2230. The van der Waals surface area contributed by atoms with Gasteiger partial charge in [-0.15, -0.1) is 0 Å². The minimum Gasteiger partial charge on any atom is -0.372 e. The minimum atomic E-state index is -5.01. The average Bonchev–Trinajstić information content (AvgIpc) is 3.71. The number of hydrogen-bond donors (Lipinski definition) is 5. The van der Waals surface area contributed by atoms with Gasteiger partial charge in [0.1, 0.15) is 11.9 Å². The molecule has 4 aromatic rings. The number of aromatic nitrogens is 1. The molecule has 0 saturated carbocycles. The molecule has 3 heterocycles. The Morgan fingerprint density at radius 1 is 1.05 bits per heavy atom. The number of aromatic amines is 1. The first kappa shape index (κ1) is 39.7. The van der Waals surface area contributed by atoms with Crippen LogP contribution in [-0.2, 0) is 43.1 Å². The van der Waals surface area contributed by atoms with E-state index in [0.29, 0.717) is 40.6 Å². The van der Waals surface area contributed by atoms with Crippen LogP contribution in [0.2, 0.25) is 0 Å². The molecule has 15 heteroatoms. The molecule has 55 heavy (non-hydrogen) atoms. The number of carbonyl (C=O) groups excluding carboxylic acids is 5. The van der Waals surface area contributed by atoms with Gasteiger partial charge in [-0.05, 0) is 84.7 Å². The molecule has 2 aliphatic heterocycles. The first-order valence-corrected chi connectivity index (χ1v) is 19.8. The van der Waals surface area contributed by atoms with E-state index < -0.39 is 49.0 Å². The van der Waals surface area contributed by atoms with Crippen LogP contribution in [0.15, 0.2) is 60.7 Å². The molecule has 6 N–H and O–H groups in total. The van der Waals surface area contributed by atoms with Gasteiger partial charge in [0.05, 0.1) is 30.1 Å². The van der Waals surface area contributed by atoms with Crippen LogP contribution in [0.5, 0.6) is 0 Å². The smallest absolute Gasteiger partial charge is 0.372 e. The number of primary amides is 1. The van der Waals surface area contributed by atoms with Crippen molar-refractivity contribution in [3.05, 3.63) is 100.0 Å². The lowest BCUT2D eigenvalue weighted by molar-refractivity contribution is -0.129. The van der Waals surface area contributed by atoms with Crippen molar-refractivity contribution in [2.45, 2.75) is 90.0 Å². The van der Waals surface area contributed by atoms with E-state index in [-0.39, 0.29) is 67.0 Å². The summed E-state index contributed by atoms with van der Waals surface area (Å²) < 4.78 is 32.2. The van der Waals surface area contributed by atoms with Crippen molar-refractivity contribution in [2.24, 2.45) is 11.7 Å². The number of amides is 3. The maximum Gasteiger partial charge on any atom is 0.396 e. The molecule has 0 aliphatic carbocycles. The van der Waals surface area contributed by atoms with Gasteiger partial charge < -0.3 is 30.6 Å². The molecule has 3 amide bonds. The Hall–Kier alpha value is -5.01. The Morgan fingerprint density at radius 2 is 1.80 bits per heavy atom. The third-order valence-electron chi connectivity index (χ3n) is 10.5. The number of halogens is 1. The fourth-order valence-corrected chi connectivity index (χ4v) is 7.96. The van der Waals surface area contributed by atoms with E-state index in [9.17, 15) is 42.7 Å². The molecule has 4 atom stereocenters. The molecule has 0 unspecified atom stereocenters. The fraction of sp³-hybridized carbons (Fsp3) is 0.375. The normalized spacial score (nSPS) is 17.9. The summed E-state index contributed by atoms with van der Waals surface area (Å²) in [5.41, 5.74) is 8.11. The number of benzene rings is 3. The van der Waals surface area contributed by atoms with Crippen LogP contribution in [0.3, 0.4) is 0 Å². The number of fused-ring (bicyclic) bond motifs is 1. The van der Waals surface area contributed by atoms with E-state index in [2.05, 4.69) is 10.3 Å². The summed E-state index contributed by atoms with van der Waals surface area (Å²) in [5.74, 6) is -2.89. The third-order valence-corrected chi connectivity index (χ3v) is 11.3. The van der Waals surface area contributed by atoms with E-state index in [0.717, 1.165) is 11.1 Å². The molecule has 0 spiro atoms. The highest BCUT2D eigenvalue weighted by atomic mass is 31.2. The van der Waals surface area contributed by atoms with Gasteiger partial charge in [-0.3, -0.25) is 33.4 Å². The van der Waals surface area contributed by atoms with Gasteiger partial charge in [0.15, 0.2) is 5.78 Å². The van der Waals surface area contributed by atoms with Crippen molar-refractivity contribution in [2.75, 3.05) is 4.90 Å². The van der Waals surface area contributed by atoms with Crippen molar-refractivity contribution in [1.82, 2.24) is 10.3 Å². The number of anilines is 1. The van der Waals surface area contributed by atoms with E-state index in [1.54, 1.807) is 19.1 Å². The fourth-order valence-electron chi connectivity index (χ4n) is 7.48. The molecule has 0 bridgehead atoms. The van der Waals surface area contributed by atoms with E-state index >= 15 is 0 Å². The summed E-state index contributed by atoms with van der Waals surface area (Å²) in [6.45, 7) is 5.60. The monoisotopic (exact) mass is 774 g/mol. The number of nitrogens with one attached hydrogen (secondary N) is 2. The highest BCUT2D eigenvalue weighted by Crippen LogP contribution is 2.42. The summed E-state index contributed by atoms with van der Waals surface area (Å²) in [6.07, 6.45) is 0.396. The Kier molecular flexibility index (Phi) is 11.5. The Labute approximate surface area is 317 Å². The summed E-state index contributed by atoms with van der Waals surface area (Å²) in [5, 5.41) is 3.40. The molecule has 6 rings (SSSR count). The number of Topliss-reactive ketones (excluding diaryl/α,β-unsaturated/α-hetero) is 1. The van der Waals surface area contributed by atoms with Crippen molar-refractivity contribution < 1.29 is 47.5 Å². The SMILES string of the molecule is CC(C)c1ccc(CO[C@H](C)[C@H](CCC(N)=O)NC(=O)[C@@H]2Cc3cccc4c3N2C(=O)[C@@H](CC(=O)c2cc3cc(C(=O)P(=O)(O)O)ccc3[nH]2)CC4)cc1F. The van der Waals surface area contributed by atoms with E-state index in [4.69, 9.17) is 10.5 Å². The number of nitrogens with two attached hydrogens (primary N) is 1. The number of H-pyrrole nitrogens is 1. The van der Waals surface area contributed by atoms with Gasteiger partial charge in [0, 0.05) is 41.6 Å². The summed E-state index contributed by atoms with van der Waals surface area (Å²) in [6, 6.07) is 14.4.